The minimum absolute atomic E-state index is 0.499. The van der Waals surface area contributed by atoms with Crippen LogP contribution in [0.3, 0.4) is 0 Å². The second kappa shape index (κ2) is 9.55. The first-order chi connectivity index (χ1) is 13.1. The first-order valence-electron chi connectivity index (χ1n) is 9.89. The maximum Gasteiger partial charge on any atom is 0.191 e. The molecule has 0 radical (unpaired) electrons. The van der Waals surface area contributed by atoms with Gasteiger partial charge in [-0.05, 0) is 37.8 Å². The van der Waals surface area contributed by atoms with Gasteiger partial charge in [-0.15, -0.1) is 0 Å². The van der Waals surface area contributed by atoms with E-state index in [0.29, 0.717) is 12.1 Å². The van der Waals surface area contributed by atoms with E-state index in [1.54, 1.807) is 0 Å². The average Bonchev–Trinajstić information content (AvgIpc) is 3.19. The number of rotatable bonds is 6. The number of hydrogen-bond acceptors (Lipinski definition) is 3. The number of nitrogens with zero attached hydrogens (tertiary/aromatic N) is 4. The number of piperidine rings is 1. The second-order valence-electron chi connectivity index (χ2n) is 7.53. The number of nitrogens with one attached hydrogen (secondary N) is 2. The summed E-state index contributed by atoms with van der Waals surface area (Å²) in [5.74, 6) is 0.887. The molecule has 1 aliphatic heterocycles. The van der Waals surface area contributed by atoms with Crippen molar-refractivity contribution in [3.05, 3.63) is 54.1 Å². The Hall–Kier alpha value is -2.34. The van der Waals surface area contributed by atoms with Crippen LogP contribution in [0.25, 0.3) is 0 Å². The van der Waals surface area contributed by atoms with E-state index in [1.807, 2.05) is 25.8 Å². The van der Waals surface area contributed by atoms with Crippen molar-refractivity contribution in [2.75, 3.05) is 20.1 Å². The van der Waals surface area contributed by atoms with Gasteiger partial charge in [0.1, 0.15) is 0 Å². The Balaban J connectivity index is 1.48. The van der Waals surface area contributed by atoms with Gasteiger partial charge in [0, 0.05) is 57.7 Å². The Labute approximate surface area is 162 Å². The summed E-state index contributed by atoms with van der Waals surface area (Å²) in [6.07, 6.45) is 7.98. The molecular weight excluding hydrogens is 336 g/mol. The van der Waals surface area contributed by atoms with Crippen molar-refractivity contribution >= 4 is 5.96 Å². The zero-order valence-electron chi connectivity index (χ0n) is 16.7. The second-order valence-corrected chi connectivity index (χ2v) is 7.53. The molecule has 0 atom stereocenters. The first kappa shape index (κ1) is 19.4. The Morgan fingerprint density at radius 1 is 1.26 bits per heavy atom. The molecule has 0 aliphatic carbocycles. The van der Waals surface area contributed by atoms with Crippen LogP contribution in [-0.4, -0.2) is 52.6 Å². The number of likely N-dealkylation sites (tertiary alicyclic amines) is 1. The third kappa shape index (κ3) is 5.82. The highest BCUT2D eigenvalue weighted by atomic mass is 15.2. The van der Waals surface area contributed by atoms with Gasteiger partial charge < -0.3 is 20.1 Å². The molecule has 0 saturated carbocycles. The van der Waals surface area contributed by atoms with Crippen molar-refractivity contribution in [2.45, 2.75) is 51.9 Å². The molecule has 1 aliphatic rings. The van der Waals surface area contributed by atoms with E-state index in [2.05, 4.69) is 68.2 Å². The molecule has 1 fully saturated rings. The van der Waals surface area contributed by atoms with E-state index in [-0.39, 0.29) is 0 Å². The topological polar surface area (TPSA) is 57.5 Å². The fourth-order valence-electron chi connectivity index (χ4n) is 3.56. The third-order valence-electron chi connectivity index (χ3n) is 5.20. The zero-order chi connectivity index (χ0) is 19.1. The van der Waals surface area contributed by atoms with Gasteiger partial charge in [-0.25, -0.2) is 4.98 Å². The predicted molar refractivity (Wildman–Crippen MR) is 111 cm³/mol. The van der Waals surface area contributed by atoms with Crippen LogP contribution in [0.15, 0.2) is 48.0 Å². The van der Waals surface area contributed by atoms with Crippen molar-refractivity contribution in [1.29, 1.82) is 0 Å². The number of aliphatic imine (C=N–C) groups is 1. The summed E-state index contributed by atoms with van der Waals surface area (Å²) in [4.78, 5) is 11.0. The van der Waals surface area contributed by atoms with Crippen molar-refractivity contribution < 1.29 is 0 Å². The minimum atomic E-state index is 0.499. The summed E-state index contributed by atoms with van der Waals surface area (Å²) in [7, 11) is 1.84. The van der Waals surface area contributed by atoms with Crippen LogP contribution in [0.2, 0.25) is 0 Å². The number of hydrogen-bond donors (Lipinski definition) is 2. The molecule has 6 heteroatoms. The van der Waals surface area contributed by atoms with Gasteiger partial charge in [0.25, 0.3) is 0 Å². The van der Waals surface area contributed by atoms with Gasteiger partial charge in [-0.3, -0.25) is 4.99 Å². The number of imidazole rings is 1. The van der Waals surface area contributed by atoms with Crippen molar-refractivity contribution in [3.63, 3.8) is 0 Å². The molecule has 2 aromatic rings. The van der Waals surface area contributed by atoms with E-state index in [0.717, 1.165) is 32.1 Å². The highest BCUT2D eigenvalue weighted by Crippen LogP contribution is 2.13. The van der Waals surface area contributed by atoms with Crippen LogP contribution in [0.5, 0.6) is 0 Å². The summed E-state index contributed by atoms with van der Waals surface area (Å²) < 4.78 is 2.08. The number of aromatic nitrogens is 2. The quantitative estimate of drug-likeness (QED) is 0.607. The van der Waals surface area contributed by atoms with Crippen molar-refractivity contribution in [3.8, 4) is 0 Å². The van der Waals surface area contributed by atoms with E-state index in [9.17, 15) is 0 Å². The van der Waals surface area contributed by atoms with E-state index < -0.39 is 0 Å². The molecule has 27 heavy (non-hydrogen) atoms. The largest absolute Gasteiger partial charge is 0.354 e. The molecule has 2 N–H and O–H groups in total. The minimum Gasteiger partial charge on any atom is -0.354 e. The smallest absolute Gasteiger partial charge is 0.191 e. The van der Waals surface area contributed by atoms with Gasteiger partial charge in [0.05, 0.1) is 6.33 Å². The number of guanidine groups is 1. The fourth-order valence-corrected chi connectivity index (χ4v) is 3.56. The van der Waals surface area contributed by atoms with Crippen molar-refractivity contribution in [2.24, 2.45) is 4.99 Å². The van der Waals surface area contributed by atoms with Gasteiger partial charge in [-0.2, -0.15) is 0 Å². The fraction of sp³-hybridized carbons (Fsp3) is 0.524. The Kier molecular flexibility index (Phi) is 6.87. The first-order valence-corrected chi connectivity index (χ1v) is 9.89. The molecule has 0 spiro atoms. The molecule has 0 amide bonds. The molecule has 0 unspecified atom stereocenters. The Bertz CT molecular complexity index is 714. The van der Waals surface area contributed by atoms with Gasteiger partial charge in [0.15, 0.2) is 5.96 Å². The van der Waals surface area contributed by atoms with Gasteiger partial charge in [0.2, 0.25) is 0 Å². The Morgan fingerprint density at radius 3 is 2.70 bits per heavy atom. The zero-order valence-corrected chi connectivity index (χ0v) is 16.7. The molecule has 146 valence electrons. The molecule has 3 rings (SSSR count). The molecule has 0 bridgehead atoms. The highest BCUT2D eigenvalue weighted by molar-refractivity contribution is 5.79. The van der Waals surface area contributed by atoms with Crippen LogP contribution < -0.4 is 10.6 Å². The lowest BCUT2D eigenvalue weighted by molar-refractivity contribution is 0.167. The SMILES string of the molecule is CN=C(NCc1cccc(Cn2ccnc2)c1)NC1CCN(C(C)C)CC1. The van der Waals surface area contributed by atoms with E-state index in [1.165, 1.54) is 24.0 Å². The average molecular weight is 369 g/mol. The van der Waals surface area contributed by atoms with Crippen molar-refractivity contribution in [1.82, 2.24) is 25.1 Å². The number of benzene rings is 1. The molecule has 1 aromatic heterocycles. The molecule has 1 aromatic carbocycles. The summed E-state index contributed by atoms with van der Waals surface area (Å²) in [5, 5.41) is 7.05. The van der Waals surface area contributed by atoms with Crippen LogP contribution in [0, 0.1) is 0 Å². The van der Waals surface area contributed by atoms with Gasteiger partial charge >= 0.3 is 0 Å². The van der Waals surface area contributed by atoms with E-state index in [4.69, 9.17) is 0 Å². The molecule has 1 saturated heterocycles. The summed E-state index contributed by atoms with van der Waals surface area (Å²) in [6.45, 7) is 8.47. The lowest BCUT2D eigenvalue weighted by Crippen LogP contribution is -2.49. The lowest BCUT2D eigenvalue weighted by Gasteiger charge is -2.35. The maximum absolute atomic E-state index is 4.40. The summed E-state index contributed by atoms with van der Waals surface area (Å²) in [6, 6.07) is 9.79. The molecular formula is C21H32N6. The predicted octanol–water partition coefficient (Wildman–Crippen LogP) is 2.47. The van der Waals surface area contributed by atoms with Crippen LogP contribution >= 0.6 is 0 Å². The van der Waals surface area contributed by atoms with E-state index >= 15 is 0 Å². The molecule has 6 nitrogen and oxygen atoms in total. The molecule has 2 heterocycles. The van der Waals surface area contributed by atoms with Gasteiger partial charge in [-0.1, -0.05) is 24.3 Å². The standard InChI is InChI=1S/C21H32N6/c1-17(2)27-10-7-20(8-11-27)25-21(22-3)24-14-18-5-4-6-19(13-18)15-26-12-9-23-16-26/h4-6,9,12-13,16-17,20H,7-8,10-11,14-15H2,1-3H3,(H2,22,24,25). The summed E-state index contributed by atoms with van der Waals surface area (Å²) >= 11 is 0. The normalized spacial score (nSPS) is 16.7. The van der Waals surface area contributed by atoms with Crippen LogP contribution in [0.1, 0.15) is 37.8 Å². The monoisotopic (exact) mass is 368 g/mol. The summed E-state index contributed by atoms with van der Waals surface area (Å²) in [5.41, 5.74) is 2.53. The highest BCUT2D eigenvalue weighted by Gasteiger charge is 2.21. The van der Waals surface area contributed by atoms with Crippen LogP contribution in [0.4, 0.5) is 0 Å². The third-order valence-corrected chi connectivity index (χ3v) is 5.20. The lowest BCUT2D eigenvalue weighted by atomic mass is 10.0. The Morgan fingerprint density at radius 2 is 2.04 bits per heavy atom. The maximum atomic E-state index is 4.40. The van der Waals surface area contributed by atoms with Crippen LogP contribution in [-0.2, 0) is 13.1 Å².